The summed E-state index contributed by atoms with van der Waals surface area (Å²) >= 11 is 0. The molecule has 0 amide bonds. The Hall–Kier alpha value is -2.74. The molecule has 0 bridgehead atoms. The van der Waals surface area contributed by atoms with Crippen LogP contribution in [0.2, 0.25) is 0 Å². The number of nitrogens with zero attached hydrogens (tertiary/aromatic N) is 1. The molecule has 0 saturated carbocycles. The van der Waals surface area contributed by atoms with Crippen molar-refractivity contribution < 1.29 is 17.2 Å². The molecule has 26 heavy (non-hydrogen) atoms. The van der Waals surface area contributed by atoms with Crippen LogP contribution in [0.25, 0.3) is 10.9 Å². The van der Waals surface area contributed by atoms with Crippen molar-refractivity contribution in [3.63, 3.8) is 0 Å². The molecule has 1 heterocycles. The topological polar surface area (TPSA) is 71.1 Å². The Labute approximate surface area is 150 Å². The molecule has 8 heteroatoms. The molecular weight excluding hydrogens is 360 g/mol. The molecule has 5 nitrogen and oxygen atoms in total. The maximum atomic E-state index is 12.5. The van der Waals surface area contributed by atoms with Crippen LogP contribution in [-0.4, -0.2) is 32.2 Å². The lowest BCUT2D eigenvalue weighted by molar-refractivity contribution is 0.234. The number of halogens is 2. The van der Waals surface area contributed by atoms with Gasteiger partial charge in [0, 0.05) is 24.2 Å². The molecule has 0 aliphatic carbocycles. The first-order valence-electron chi connectivity index (χ1n) is 7.92. The lowest BCUT2D eigenvalue weighted by Crippen LogP contribution is -2.14. The SMILES string of the molecule is O=S(=O)(c1ccc(NCCNc2ccc3ccccc3n2)cc1)C(F)F. The fraction of sp³-hybridized carbons (Fsp3) is 0.167. The van der Waals surface area contributed by atoms with Gasteiger partial charge in [-0.25, -0.2) is 13.4 Å². The second-order valence-electron chi connectivity index (χ2n) is 5.57. The average Bonchev–Trinajstić information content (AvgIpc) is 2.65. The van der Waals surface area contributed by atoms with E-state index in [9.17, 15) is 17.2 Å². The average molecular weight is 377 g/mol. The van der Waals surface area contributed by atoms with E-state index in [1.165, 1.54) is 24.3 Å². The van der Waals surface area contributed by atoms with E-state index in [4.69, 9.17) is 0 Å². The van der Waals surface area contributed by atoms with Crippen LogP contribution in [0.4, 0.5) is 20.3 Å². The monoisotopic (exact) mass is 377 g/mol. The third-order valence-corrected chi connectivity index (χ3v) is 5.17. The van der Waals surface area contributed by atoms with Gasteiger partial charge in [0.05, 0.1) is 10.4 Å². The number of fused-ring (bicyclic) bond motifs is 1. The van der Waals surface area contributed by atoms with Gasteiger partial charge in [-0.05, 0) is 42.5 Å². The maximum Gasteiger partial charge on any atom is 0.341 e. The highest BCUT2D eigenvalue weighted by atomic mass is 32.2. The highest BCUT2D eigenvalue weighted by Crippen LogP contribution is 2.20. The van der Waals surface area contributed by atoms with Gasteiger partial charge in [-0.3, -0.25) is 0 Å². The minimum Gasteiger partial charge on any atom is -0.383 e. The summed E-state index contributed by atoms with van der Waals surface area (Å²) in [5, 5.41) is 7.34. The number of pyridine rings is 1. The van der Waals surface area contributed by atoms with E-state index in [2.05, 4.69) is 15.6 Å². The Morgan fingerprint density at radius 1 is 0.885 bits per heavy atom. The van der Waals surface area contributed by atoms with Gasteiger partial charge >= 0.3 is 5.76 Å². The summed E-state index contributed by atoms with van der Waals surface area (Å²) in [5.74, 6) is -2.66. The molecule has 3 rings (SSSR count). The molecule has 0 aliphatic rings. The summed E-state index contributed by atoms with van der Waals surface area (Å²) < 4.78 is 47.7. The first kappa shape index (κ1) is 18.1. The number of nitrogens with one attached hydrogen (secondary N) is 2. The molecule has 0 radical (unpaired) electrons. The van der Waals surface area contributed by atoms with Crippen LogP contribution < -0.4 is 10.6 Å². The van der Waals surface area contributed by atoms with E-state index >= 15 is 0 Å². The van der Waals surface area contributed by atoms with Crippen molar-refractivity contribution in [3.05, 3.63) is 60.7 Å². The van der Waals surface area contributed by atoms with Gasteiger partial charge in [0.2, 0.25) is 9.84 Å². The van der Waals surface area contributed by atoms with Crippen LogP contribution in [0.15, 0.2) is 65.6 Å². The van der Waals surface area contributed by atoms with Gasteiger partial charge in [-0.1, -0.05) is 18.2 Å². The maximum absolute atomic E-state index is 12.5. The summed E-state index contributed by atoms with van der Waals surface area (Å²) in [6, 6.07) is 17.0. The second-order valence-corrected chi connectivity index (χ2v) is 7.49. The smallest absolute Gasteiger partial charge is 0.341 e. The number of para-hydroxylation sites is 1. The zero-order chi connectivity index (χ0) is 18.6. The minimum atomic E-state index is -4.55. The van der Waals surface area contributed by atoms with Crippen LogP contribution in [0, 0.1) is 0 Å². The van der Waals surface area contributed by atoms with Gasteiger partial charge in [-0.15, -0.1) is 0 Å². The normalized spacial score (nSPS) is 11.7. The molecular formula is C18H17F2N3O2S. The predicted octanol–water partition coefficient (Wildman–Crippen LogP) is 3.76. The van der Waals surface area contributed by atoms with Crippen LogP contribution in [0.1, 0.15) is 0 Å². The van der Waals surface area contributed by atoms with Crippen molar-refractivity contribution in [1.82, 2.24) is 4.98 Å². The number of sulfone groups is 1. The first-order valence-corrected chi connectivity index (χ1v) is 9.47. The molecule has 0 fully saturated rings. The molecule has 0 unspecified atom stereocenters. The molecule has 0 aliphatic heterocycles. The largest absolute Gasteiger partial charge is 0.383 e. The molecule has 1 aromatic heterocycles. The molecule has 2 N–H and O–H groups in total. The number of aromatic nitrogens is 1. The Morgan fingerprint density at radius 3 is 2.31 bits per heavy atom. The summed E-state index contributed by atoms with van der Waals surface area (Å²) in [4.78, 5) is 4.11. The van der Waals surface area contributed by atoms with E-state index in [1.54, 1.807) is 0 Å². The zero-order valence-corrected chi connectivity index (χ0v) is 14.5. The number of hydrogen-bond acceptors (Lipinski definition) is 5. The minimum absolute atomic E-state index is 0.392. The molecule has 136 valence electrons. The summed E-state index contributed by atoms with van der Waals surface area (Å²) in [6.07, 6.45) is 0. The Balaban J connectivity index is 1.53. The fourth-order valence-corrected chi connectivity index (χ4v) is 3.15. The summed E-state index contributed by atoms with van der Waals surface area (Å²) in [5.41, 5.74) is 1.55. The first-order chi connectivity index (χ1) is 12.5. The summed E-state index contributed by atoms with van der Waals surface area (Å²) in [6.45, 7) is 1.14. The van der Waals surface area contributed by atoms with Crippen LogP contribution >= 0.6 is 0 Å². The number of benzene rings is 2. The third-order valence-electron chi connectivity index (χ3n) is 3.78. The van der Waals surface area contributed by atoms with E-state index in [0.717, 1.165) is 16.7 Å². The van der Waals surface area contributed by atoms with Gasteiger partial charge in [0.25, 0.3) is 0 Å². The second kappa shape index (κ2) is 7.65. The number of alkyl halides is 2. The lowest BCUT2D eigenvalue weighted by Gasteiger charge is -2.10. The van der Waals surface area contributed by atoms with E-state index in [1.807, 2.05) is 36.4 Å². The van der Waals surface area contributed by atoms with Crippen molar-refractivity contribution in [2.24, 2.45) is 0 Å². The molecule has 0 atom stereocenters. The molecule has 2 aromatic carbocycles. The van der Waals surface area contributed by atoms with Crippen molar-refractivity contribution in [2.75, 3.05) is 23.7 Å². The van der Waals surface area contributed by atoms with Crippen molar-refractivity contribution in [1.29, 1.82) is 0 Å². The quantitative estimate of drug-likeness (QED) is 0.614. The molecule has 0 saturated heterocycles. The number of rotatable bonds is 7. The van der Waals surface area contributed by atoms with Crippen molar-refractivity contribution in [3.8, 4) is 0 Å². The standard InChI is InChI=1S/C18H17F2N3O2S/c19-18(20)26(24,25)15-8-6-14(7-9-15)21-11-12-22-17-10-5-13-3-1-2-4-16(13)23-17/h1-10,18,21H,11-12H2,(H,22,23). The van der Waals surface area contributed by atoms with Crippen LogP contribution in [0.5, 0.6) is 0 Å². The highest BCUT2D eigenvalue weighted by Gasteiger charge is 2.26. The van der Waals surface area contributed by atoms with Crippen LogP contribution in [0.3, 0.4) is 0 Å². The van der Waals surface area contributed by atoms with Gasteiger partial charge in [0.1, 0.15) is 5.82 Å². The third kappa shape index (κ3) is 4.08. The van der Waals surface area contributed by atoms with Crippen molar-refractivity contribution >= 4 is 32.2 Å². The van der Waals surface area contributed by atoms with Gasteiger partial charge in [-0.2, -0.15) is 8.78 Å². The number of anilines is 2. The zero-order valence-electron chi connectivity index (χ0n) is 13.7. The highest BCUT2D eigenvalue weighted by molar-refractivity contribution is 7.91. The van der Waals surface area contributed by atoms with E-state index in [0.29, 0.717) is 18.8 Å². The van der Waals surface area contributed by atoms with Crippen LogP contribution in [-0.2, 0) is 9.84 Å². The van der Waals surface area contributed by atoms with E-state index in [-0.39, 0.29) is 0 Å². The van der Waals surface area contributed by atoms with Gasteiger partial charge < -0.3 is 10.6 Å². The molecule has 0 spiro atoms. The fourth-order valence-electron chi connectivity index (χ4n) is 2.43. The predicted molar refractivity (Wildman–Crippen MR) is 98.4 cm³/mol. The summed E-state index contributed by atoms with van der Waals surface area (Å²) in [7, 11) is -4.55. The Kier molecular flexibility index (Phi) is 5.32. The number of hydrogen-bond donors (Lipinski definition) is 2. The molecule has 3 aromatic rings. The van der Waals surface area contributed by atoms with Gasteiger partial charge in [0.15, 0.2) is 0 Å². The lowest BCUT2D eigenvalue weighted by atomic mass is 10.2. The van der Waals surface area contributed by atoms with Crippen molar-refractivity contribution in [2.45, 2.75) is 10.7 Å². The van der Waals surface area contributed by atoms with E-state index < -0.39 is 20.5 Å². The Morgan fingerprint density at radius 2 is 1.58 bits per heavy atom. The Bertz CT molecular complexity index is 993.